The van der Waals surface area contributed by atoms with Gasteiger partial charge in [0.25, 0.3) is 0 Å². The molecule has 0 spiro atoms. The summed E-state index contributed by atoms with van der Waals surface area (Å²) < 4.78 is 1.69. The first-order valence-corrected chi connectivity index (χ1v) is 5.28. The van der Waals surface area contributed by atoms with Gasteiger partial charge in [-0.15, -0.1) is 5.10 Å². The van der Waals surface area contributed by atoms with Crippen LogP contribution in [0.1, 0.15) is 0 Å². The van der Waals surface area contributed by atoms with Crippen LogP contribution < -0.4 is 0 Å². The van der Waals surface area contributed by atoms with E-state index in [0.717, 1.165) is 16.8 Å². The normalized spacial score (nSPS) is 10.8. The Balaban J connectivity index is 2.18. The molecule has 0 bridgehead atoms. The Morgan fingerprint density at radius 1 is 0.938 bits per heavy atom. The number of fused-ring (bicyclic) bond motifs is 1. The Labute approximate surface area is 97.3 Å². The lowest BCUT2D eigenvalue weighted by molar-refractivity contribution is 0.963. The molecule has 3 nitrogen and oxygen atoms in total. The molecule has 16 heavy (non-hydrogen) atoms. The molecule has 0 atom stereocenters. The fourth-order valence-electron chi connectivity index (χ4n) is 1.66. The standard InChI is InChI=1S/C12H8ClN3/c13-12-14-11-7-6-10(8-16(11)15-12)9-4-2-1-3-5-9/h1-8H. The summed E-state index contributed by atoms with van der Waals surface area (Å²) in [6, 6.07) is 14.0. The Hall–Kier alpha value is -1.87. The van der Waals surface area contributed by atoms with E-state index in [-0.39, 0.29) is 5.28 Å². The smallest absolute Gasteiger partial charge is 0.219 e. The van der Waals surface area contributed by atoms with E-state index in [1.807, 2.05) is 36.5 Å². The van der Waals surface area contributed by atoms with Crippen LogP contribution in [-0.4, -0.2) is 14.6 Å². The van der Waals surface area contributed by atoms with Crippen molar-refractivity contribution in [2.75, 3.05) is 0 Å². The summed E-state index contributed by atoms with van der Waals surface area (Å²) in [6.45, 7) is 0. The molecule has 0 aliphatic heterocycles. The highest BCUT2D eigenvalue weighted by Gasteiger charge is 2.02. The van der Waals surface area contributed by atoms with Gasteiger partial charge < -0.3 is 0 Å². The van der Waals surface area contributed by atoms with E-state index in [0.29, 0.717) is 0 Å². The Bertz CT molecular complexity index is 631. The molecule has 0 N–H and O–H groups in total. The maximum absolute atomic E-state index is 5.74. The molecule has 0 saturated carbocycles. The molecule has 78 valence electrons. The molecule has 0 unspecified atom stereocenters. The second-order valence-corrected chi connectivity index (χ2v) is 3.81. The number of benzene rings is 1. The summed E-state index contributed by atoms with van der Waals surface area (Å²) in [6.07, 6.45) is 1.92. The third-order valence-corrected chi connectivity index (χ3v) is 2.57. The van der Waals surface area contributed by atoms with Gasteiger partial charge in [0.1, 0.15) is 0 Å². The molecule has 4 heteroatoms. The SMILES string of the molecule is Clc1nc2ccc(-c3ccccc3)cn2n1. The molecule has 1 aromatic carbocycles. The van der Waals surface area contributed by atoms with Crippen molar-refractivity contribution in [1.82, 2.24) is 14.6 Å². The average molecular weight is 230 g/mol. The van der Waals surface area contributed by atoms with Crippen molar-refractivity contribution in [3.8, 4) is 11.1 Å². The highest BCUT2D eigenvalue weighted by molar-refractivity contribution is 6.28. The van der Waals surface area contributed by atoms with Crippen molar-refractivity contribution in [3.63, 3.8) is 0 Å². The Kier molecular flexibility index (Phi) is 2.11. The number of rotatable bonds is 1. The first-order chi connectivity index (χ1) is 7.83. The summed E-state index contributed by atoms with van der Waals surface area (Å²) in [5.74, 6) is 0. The average Bonchev–Trinajstić information content (AvgIpc) is 2.69. The third kappa shape index (κ3) is 1.55. The molecule has 0 aliphatic rings. The molecular formula is C12H8ClN3. The van der Waals surface area contributed by atoms with Crippen LogP contribution in [0.15, 0.2) is 48.7 Å². The zero-order valence-electron chi connectivity index (χ0n) is 8.34. The van der Waals surface area contributed by atoms with Crippen molar-refractivity contribution in [2.24, 2.45) is 0 Å². The van der Waals surface area contributed by atoms with Gasteiger partial charge in [-0.3, -0.25) is 0 Å². The minimum Gasteiger partial charge on any atom is -0.219 e. The highest BCUT2D eigenvalue weighted by atomic mass is 35.5. The molecule has 0 amide bonds. The van der Waals surface area contributed by atoms with Gasteiger partial charge >= 0.3 is 0 Å². The van der Waals surface area contributed by atoms with Crippen molar-refractivity contribution in [3.05, 3.63) is 53.9 Å². The molecular weight excluding hydrogens is 222 g/mol. The number of nitrogens with zero attached hydrogens (tertiary/aromatic N) is 3. The maximum atomic E-state index is 5.74. The number of hydrogen-bond donors (Lipinski definition) is 0. The fourth-order valence-corrected chi connectivity index (χ4v) is 1.83. The van der Waals surface area contributed by atoms with Crippen LogP contribution in [0.2, 0.25) is 5.28 Å². The zero-order chi connectivity index (χ0) is 11.0. The van der Waals surface area contributed by atoms with Gasteiger partial charge in [0.2, 0.25) is 5.28 Å². The van der Waals surface area contributed by atoms with Crippen LogP contribution in [0.3, 0.4) is 0 Å². The van der Waals surface area contributed by atoms with Crippen LogP contribution in [0, 0.1) is 0 Å². The molecule has 0 radical (unpaired) electrons. The predicted octanol–water partition coefficient (Wildman–Crippen LogP) is 3.05. The minimum atomic E-state index is 0.269. The highest BCUT2D eigenvalue weighted by Crippen LogP contribution is 2.19. The van der Waals surface area contributed by atoms with E-state index in [1.54, 1.807) is 4.52 Å². The lowest BCUT2D eigenvalue weighted by Gasteiger charge is -2.00. The van der Waals surface area contributed by atoms with Crippen LogP contribution in [0.4, 0.5) is 0 Å². The Morgan fingerprint density at radius 3 is 2.56 bits per heavy atom. The van der Waals surface area contributed by atoms with Gasteiger partial charge in [-0.1, -0.05) is 30.3 Å². The van der Waals surface area contributed by atoms with E-state index < -0.39 is 0 Å². The molecule has 3 rings (SSSR count). The monoisotopic (exact) mass is 229 g/mol. The summed E-state index contributed by atoms with van der Waals surface area (Å²) in [5, 5.41) is 4.34. The number of pyridine rings is 1. The number of hydrogen-bond acceptors (Lipinski definition) is 2. The quantitative estimate of drug-likeness (QED) is 0.642. The summed E-state index contributed by atoms with van der Waals surface area (Å²) in [4.78, 5) is 4.07. The fraction of sp³-hybridized carbons (Fsp3) is 0. The van der Waals surface area contributed by atoms with Crippen LogP contribution in [0.5, 0.6) is 0 Å². The second-order valence-electron chi connectivity index (χ2n) is 3.47. The Morgan fingerprint density at radius 2 is 1.75 bits per heavy atom. The summed E-state index contributed by atoms with van der Waals surface area (Å²) >= 11 is 5.74. The van der Waals surface area contributed by atoms with Crippen molar-refractivity contribution >= 4 is 17.2 Å². The van der Waals surface area contributed by atoms with Gasteiger partial charge in [0.05, 0.1) is 0 Å². The number of aromatic nitrogens is 3. The predicted molar refractivity (Wildman–Crippen MR) is 63.4 cm³/mol. The second kappa shape index (κ2) is 3.61. The van der Waals surface area contributed by atoms with Gasteiger partial charge in [-0.2, -0.15) is 4.98 Å². The topological polar surface area (TPSA) is 30.2 Å². The van der Waals surface area contributed by atoms with Gasteiger partial charge in [0, 0.05) is 11.8 Å². The van der Waals surface area contributed by atoms with Crippen molar-refractivity contribution < 1.29 is 0 Å². The zero-order valence-corrected chi connectivity index (χ0v) is 9.09. The third-order valence-electron chi connectivity index (χ3n) is 2.41. The van der Waals surface area contributed by atoms with E-state index >= 15 is 0 Å². The van der Waals surface area contributed by atoms with E-state index in [1.165, 1.54) is 0 Å². The lowest BCUT2D eigenvalue weighted by atomic mass is 10.1. The molecule has 3 aromatic rings. The van der Waals surface area contributed by atoms with Crippen molar-refractivity contribution in [2.45, 2.75) is 0 Å². The largest absolute Gasteiger partial charge is 0.243 e. The first kappa shape index (κ1) is 9.36. The molecule has 2 heterocycles. The molecule has 0 aliphatic carbocycles. The maximum Gasteiger partial charge on any atom is 0.243 e. The van der Waals surface area contributed by atoms with Crippen LogP contribution in [-0.2, 0) is 0 Å². The summed E-state index contributed by atoms with van der Waals surface area (Å²) in [5.41, 5.74) is 3.00. The van der Waals surface area contributed by atoms with Crippen molar-refractivity contribution in [1.29, 1.82) is 0 Å². The first-order valence-electron chi connectivity index (χ1n) is 4.90. The van der Waals surface area contributed by atoms with Gasteiger partial charge in [0.15, 0.2) is 5.65 Å². The van der Waals surface area contributed by atoms with Gasteiger partial charge in [-0.25, -0.2) is 4.52 Å². The molecule has 0 saturated heterocycles. The van der Waals surface area contributed by atoms with Gasteiger partial charge in [-0.05, 0) is 29.3 Å². The molecule has 0 fully saturated rings. The van der Waals surface area contributed by atoms with Crippen LogP contribution >= 0.6 is 11.6 Å². The van der Waals surface area contributed by atoms with E-state index in [4.69, 9.17) is 11.6 Å². The van der Waals surface area contributed by atoms with Crippen LogP contribution in [0.25, 0.3) is 16.8 Å². The molecule has 2 aromatic heterocycles. The van der Waals surface area contributed by atoms with E-state index in [9.17, 15) is 0 Å². The number of halogens is 1. The van der Waals surface area contributed by atoms with E-state index in [2.05, 4.69) is 22.2 Å². The summed E-state index contributed by atoms with van der Waals surface area (Å²) in [7, 11) is 0. The minimum absolute atomic E-state index is 0.269. The lowest BCUT2D eigenvalue weighted by Crippen LogP contribution is -1.88.